The number of hydrogen-bond donors (Lipinski definition) is 0. The second kappa shape index (κ2) is 5.98. The van der Waals surface area contributed by atoms with E-state index in [1.54, 1.807) is 0 Å². The third kappa shape index (κ3) is 2.70. The van der Waals surface area contributed by atoms with Gasteiger partial charge in [-0.1, -0.05) is 6.08 Å². The van der Waals surface area contributed by atoms with E-state index >= 15 is 0 Å². The molecule has 0 rings (SSSR count). The van der Waals surface area contributed by atoms with Crippen molar-refractivity contribution in [3.8, 4) is 0 Å². The number of nitrogens with zero attached hydrogens (tertiary/aromatic N) is 1. The summed E-state index contributed by atoms with van der Waals surface area (Å²) in [6.07, 6.45) is 6.59. The van der Waals surface area contributed by atoms with Gasteiger partial charge in [0, 0.05) is 0 Å². The Morgan fingerprint density at radius 3 is 1.69 bits per heavy atom. The van der Waals surface area contributed by atoms with Crippen LogP contribution in [0.2, 0.25) is 0 Å². The minimum absolute atomic E-state index is 1.10. The third-order valence-corrected chi connectivity index (χ3v) is 3.00. The lowest BCUT2D eigenvalue weighted by Crippen LogP contribution is -2.45. The van der Waals surface area contributed by atoms with E-state index in [0.717, 1.165) is 4.48 Å². The zero-order valence-electron chi connectivity index (χ0n) is 9.80. The third-order valence-electron chi connectivity index (χ3n) is 3.00. The minimum Gasteiger partial charge on any atom is -0.292 e. The molecular weight excluding hydrogens is 158 g/mol. The highest BCUT2D eigenvalue weighted by Gasteiger charge is 2.23. The van der Waals surface area contributed by atoms with Crippen molar-refractivity contribution < 1.29 is 4.48 Å². The first-order valence-corrected chi connectivity index (χ1v) is 5.36. The highest BCUT2D eigenvalue weighted by atomic mass is 15.3. The number of hydrogen-bond acceptors (Lipinski definition) is 0. The maximum Gasteiger partial charge on any atom is 0.128 e. The van der Waals surface area contributed by atoms with Crippen molar-refractivity contribution in [2.24, 2.45) is 0 Å². The summed E-state index contributed by atoms with van der Waals surface area (Å²) in [6, 6.07) is 0. The standard InChI is InChI=1S/C12H24N/c1-6-11-12(7-2)13(8-3,9-4)10-5/h6-7,11H,8-10H2,1-5H3/q+1/b11-6-,12-7+. The molecule has 1 heteroatoms. The topological polar surface area (TPSA) is 0 Å². The summed E-state index contributed by atoms with van der Waals surface area (Å²) in [5, 5.41) is 0. The molecule has 0 fully saturated rings. The van der Waals surface area contributed by atoms with Gasteiger partial charge in [0.1, 0.15) is 5.70 Å². The van der Waals surface area contributed by atoms with Gasteiger partial charge >= 0.3 is 0 Å². The van der Waals surface area contributed by atoms with Crippen molar-refractivity contribution in [3.05, 3.63) is 23.9 Å². The monoisotopic (exact) mass is 182 g/mol. The van der Waals surface area contributed by atoms with Gasteiger partial charge in [0.2, 0.25) is 0 Å². The molecule has 0 amide bonds. The highest BCUT2D eigenvalue weighted by molar-refractivity contribution is 5.10. The lowest BCUT2D eigenvalue weighted by molar-refractivity contribution is -0.884. The zero-order valence-corrected chi connectivity index (χ0v) is 9.80. The minimum atomic E-state index is 1.10. The number of allylic oxidation sites excluding steroid dienone is 3. The van der Waals surface area contributed by atoms with Gasteiger partial charge in [-0.3, -0.25) is 4.48 Å². The molecule has 0 heterocycles. The SMILES string of the molecule is C/C=C\C(=C/C)[N+](CC)(CC)CC. The maximum atomic E-state index is 2.26. The van der Waals surface area contributed by atoms with Crippen molar-refractivity contribution in [1.82, 2.24) is 0 Å². The van der Waals surface area contributed by atoms with Crippen LogP contribution in [0.1, 0.15) is 34.6 Å². The van der Waals surface area contributed by atoms with Crippen LogP contribution in [0.25, 0.3) is 0 Å². The van der Waals surface area contributed by atoms with E-state index in [2.05, 4.69) is 52.8 Å². The summed E-state index contributed by atoms with van der Waals surface area (Å²) >= 11 is 0. The molecule has 0 saturated carbocycles. The van der Waals surface area contributed by atoms with E-state index in [4.69, 9.17) is 0 Å². The molecule has 0 aliphatic rings. The molecule has 0 aromatic rings. The molecule has 1 nitrogen and oxygen atoms in total. The smallest absolute Gasteiger partial charge is 0.128 e. The van der Waals surface area contributed by atoms with E-state index in [0.29, 0.717) is 0 Å². The first-order valence-electron chi connectivity index (χ1n) is 5.36. The van der Waals surface area contributed by atoms with E-state index in [1.807, 2.05) is 0 Å². The van der Waals surface area contributed by atoms with Crippen molar-refractivity contribution in [2.45, 2.75) is 34.6 Å². The molecule has 0 unspecified atom stereocenters. The first kappa shape index (κ1) is 12.4. The zero-order chi connectivity index (χ0) is 10.3. The van der Waals surface area contributed by atoms with Crippen molar-refractivity contribution >= 4 is 0 Å². The van der Waals surface area contributed by atoms with Gasteiger partial charge in [-0.15, -0.1) is 0 Å². The van der Waals surface area contributed by atoms with Crippen LogP contribution < -0.4 is 0 Å². The Bertz CT molecular complexity index is 177. The normalized spacial score (nSPS) is 14.1. The lowest BCUT2D eigenvalue weighted by atomic mass is 10.2. The second-order valence-corrected chi connectivity index (χ2v) is 3.31. The van der Waals surface area contributed by atoms with Gasteiger partial charge in [0.05, 0.1) is 19.6 Å². The molecule has 0 aliphatic carbocycles. The summed E-state index contributed by atoms with van der Waals surface area (Å²) in [5.41, 5.74) is 1.44. The lowest BCUT2D eigenvalue weighted by Gasteiger charge is -2.36. The molecule has 13 heavy (non-hydrogen) atoms. The summed E-state index contributed by atoms with van der Waals surface area (Å²) in [7, 11) is 0. The first-order chi connectivity index (χ1) is 6.20. The van der Waals surface area contributed by atoms with E-state index in [-0.39, 0.29) is 0 Å². The van der Waals surface area contributed by atoms with E-state index in [9.17, 15) is 0 Å². The van der Waals surface area contributed by atoms with Crippen LogP contribution in [0.3, 0.4) is 0 Å². The van der Waals surface area contributed by atoms with Crippen molar-refractivity contribution in [3.63, 3.8) is 0 Å². The Labute approximate surface area is 83.3 Å². The number of quaternary nitrogens is 1. The van der Waals surface area contributed by atoms with Gasteiger partial charge in [0.15, 0.2) is 0 Å². The molecule has 0 aromatic carbocycles. The van der Waals surface area contributed by atoms with Crippen LogP contribution in [0.15, 0.2) is 23.9 Å². The van der Waals surface area contributed by atoms with Crippen LogP contribution in [0.4, 0.5) is 0 Å². The average molecular weight is 182 g/mol. The molecule has 0 radical (unpaired) electrons. The van der Waals surface area contributed by atoms with Crippen LogP contribution in [0.5, 0.6) is 0 Å². The summed E-state index contributed by atoms with van der Waals surface area (Å²) in [4.78, 5) is 0. The van der Waals surface area contributed by atoms with Crippen LogP contribution >= 0.6 is 0 Å². The quantitative estimate of drug-likeness (QED) is 0.452. The molecule has 0 saturated heterocycles. The van der Waals surface area contributed by atoms with Crippen LogP contribution in [-0.4, -0.2) is 24.1 Å². The fourth-order valence-electron chi connectivity index (χ4n) is 1.92. The Morgan fingerprint density at radius 2 is 1.46 bits per heavy atom. The fraction of sp³-hybridized carbons (Fsp3) is 0.667. The molecule has 0 bridgehead atoms. The Kier molecular flexibility index (Phi) is 5.72. The Morgan fingerprint density at radius 1 is 1.00 bits per heavy atom. The molecule has 0 atom stereocenters. The van der Waals surface area contributed by atoms with Gasteiger partial charge < -0.3 is 0 Å². The summed E-state index contributed by atoms with van der Waals surface area (Å²) < 4.78 is 1.10. The second-order valence-electron chi connectivity index (χ2n) is 3.31. The van der Waals surface area contributed by atoms with Crippen LogP contribution in [0, 0.1) is 0 Å². The maximum absolute atomic E-state index is 2.26. The molecule has 0 aliphatic heterocycles. The predicted octanol–water partition coefficient (Wildman–Crippen LogP) is 3.34. The van der Waals surface area contributed by atoms with Gasteiger partial charge in [-0.05, 0) is 46.8 Å². The molecule has 76 valence electrons. The van der Waals surface area contributed by atoms with E-state index < -0.39 is 0 Å². The average Bonchev–Trinajstić information content (AvgIpc) is 2.19. The molecule has 0 N–H and O–H groups in total. The Hall–Kier alpha value is -0.560. The predicted molar refractivity (Wildman–Crippen MR) is 60.5 cm³/mol. The largest absolute Gasteiger partial charge is 0.292 e. The molecule has 0 spiro atoms. The van der Waals surface area contributed by atoms with Crippen molar-refractivity contribution in [2.75, 3.05) is 19.6 Å². The molecular formula is C12H24N+. The van der Waals surface area contributed by atoms with Gasteiger partial charge in [0.25, 0.3) is 0 Å². The summed E-state index contributed by atoms with van der Waals surface area (Å²) in [5.74, 6) is 0. The van der Waals surface area contributed by atoms with E-state index in [1.165, 1.54) is 25.3 Å². The Balaban J connectivity index is 4.89. The van der Waals surface area contributed by atoms with Crippen molar-refractivity contribution in [1.29, 1.82) is 0 Å². The highest BCUT2D eigenvalue weighted by Crippen LogP contribution is 2.18. The van der Waals surface area contributed by atoms with Gasteiger partial charge in [-0.25, -0.2) is 0 Å². The summed E-state index contributed by atoms with van der Waals surface area (Å²) in [6.45, 7) is 14.5. The number of rotatable bonds is 5. The fourth-order valence-corrected chi connectivity index (χ4v) is 1.92. The molecule has 0 aromatic heterocycles. The number of likely N-dealkylation sites (N-methyl/N-ethyl adjacent to an activating group) is 1. The van der Waals surface area contributed by atoms with Gasteiger partial charge in [-0.2, -0.15) is 0 Å². The van der Waals surface area contributed by atoms with Crippen LogP contribution in [-0.2, 0) is 0 Å².